The predicted octanol–water partition coefficient (Wildman–Crippen LogP) is 4.37. The summed E-state index contributed by atoms with van der Waals surface area (Å²) in [6.07, 6.45) is 0. The molecule has 0 aliphatic carbocycles. The summed E-state index contributed by atoms with van der Waals surface area (Å²) in [6, 6.07) is 8.76. The summed E-state index contributed by atoms with van der Waals surface area (Å²) in [7, 11) is 3.14. The maximum absolute atomic E-state index is 6.36. The summed E-state index contributed by atoms with van der Waals surface area (Å²) in [5.41, 5.74) is 9.00. The quantitative estimate of drug-likeness (QED) is 0.907. The van der Waals surface area contributed by atoms with Crippen molar-refractivity contribution in [2.24, 2.45) is 5.73 Å². The molecule has 0 radical (unpaired) electrons. The summed E-state index contributed by atoms with van der Waals surface area (Å²) in [4.78, 5) is 0. The first-order valence-corrected chi connectivity index (χ1v) is 7.17. The Labute approximate surface area is 134 Å². The molecule has 2 rings (SSSR count). The van der Waals surface area contributed by atoms with Gasteiger partial charge in [-0.15, -0.1) is 0 Å². The number of benzene rings is 2. The molecule has 21 heavy (non-hydrogen) atoms. The standard InChI is InChI=1S/C16H17Cl2NO2/c1-9-10(5-4-6-12(9)17)16(19)11-7-14(20-2)15(21-3)8-13(11)18/h4-8,16H,19H2,1-3H3. The van der Waals surface area contributed by atoms with Crippen LogP contribution in [0.4, 0.5) is 0 Å². The minimum atomic E-state index is -0.393. The predicted molar refractivity (Wildman–Crippen MR) is 86.8 cm³/mol. The van der Waals surface area contributed by atoms with Gasteiger partial charge < -0.3 is 15.2 Å². The van der Waals surface area contributed by atoms with Crippen LogP contribution in [0.1, 0.15) is 22.7 Å². The molecule has 2 N–H and O–H groups in total. The van der Waals surface area contributed by atoms with E-state index in [1.54, 1.807) is 26.4 Å². The Morgan fingerprint density at radius 3 is 2.19 bits per heavy atom. The van der Waals surface area contributed by atoms with Crippen LogP contribution in [0, 0.1) is 6.92 Å². The van der Waals surface area contributed by atoms with Gasteiger partial charge in [0.2, 0.25) is 0 Å². The van der Waals surface area contributed by atoms with Crippen LogP contribution in [0.5, 0.6) is 11.5 Å². The Kier molecular flexibility index (Phi) is 4.99. The summed E-state index contributed by atoms with van der Waals surface area (Å²) >= 11 is 12.5. The summed E-state index contributed by atoms with van der Waals surface area (Å²) in [5.74, 6) is 1.16. The second-order valence-electron chi connectivity index (χ2n) is 4.66. The number of methoxy groups -OCH3 is 2. The fourth-order valence-corrected chi connectivity index (χ4v) is 2.69. The third-order valence-corrected chi connectivity index (χ3v) is 4.22. The van der Waals surface area contributed by atoms with Gasteiger partial charge in [0.25, 0.3) is 0 Å². The van der Waals surface area contributed by atoms with E-state index >= 15 is 0 Å². The molecule has 2 aromatic rings. The van der Waals surface area contributed by atoms with Crippen LogP contribution >= 0.6 is 23.2 Å². The van der Waals surface area contributed by atoms with Gasteiger partial charge in [0.15, 0.2) is 11.5 Å². The number of nitrogens with two attached hydrogens (primary N) is 1. The lowest BCUT2D eigenvalue weighted by atomic mass is 9.95. The highest BCUT2D eigenvalue weighted by Crippen LogP contribution is 2.38. The van der Waals surface area contributed by atoms with Crippen molar-refractivity contribution in [2.75, 3.05) is 14.2 Å². The largest absolute Gasteiger partial charge is 0.493 e. The third kappa shape index (κ3) is 3.10. The van der Waals surface area contributed by atoms with E-state index in [1.807, 2.05) is 25.1 Å². The van der Waals surface area contributed by atoms with Crippen LogP contribution in [0.15, 0.2) is 30.3 Å². The van der Waals surface area contributed by atoms with E-state index in [-0.39, 0.29) is 0 Å². The topological polar surface area (TPSA) is 44.5 Å². The molecule has 0 aromatic heterocycles. The molecule has 0 amide bonds. The molecule has 0 aliphatic rings. The molecular weight excluding hydrogens is 309 g/mol. The van der Waals surface area contributed by atoms with E-state index in [4.69, 9.17) is 38.4 Å². The second kappa shape index (κ2) is 6.56. The Hall–Kier alpha value is -1.42. The van der Waals surface area contributed by atoms with Gasteiger partial charge in [-0.1, -0.05) is 35.3 Å². The van der Waals surface area contributed by atoms with Crippen molar-refractivity contribution >= 4 is 23.2 Å². The van der Waals surface area contributed by atoms with E-state index in [1.165, 1.54) is 0 Å². The van der Waals surface area contributed by atoms with Gasteiger partial charge in [-0.3, -0.25) is 0 Å². The zero-order valence-corrected chi connectivity index (χ0v) is 13.6. The van der Waals surface area contributed by atoms with Crippen LogP contribution in [0.2, 0.25) is 10.0 Å². The van der Waals surface area contributed by atoms with E-state index in [0.29, 0.717) is 21.5 Å². The molecular formula is C16H17Cl2NO2. The lowest BCUT2D eigenvalue weighted by molar-refractivity contribution is 0.354. The normalized spacial score (nSPS) is 12.1. The number of halogens is 2. The summed E-state index contributed by atoms with van der Waals surface area (Å²) in [6.45, 7) is 1.94. The molecule has 5 heteroatoms. The highest BCUT2D eigenvalue weighted by atomic mass is 35.5. The van der Waals surface area contributed by atoms with Gasteiger partial charge in [-0.05, 0) is 35.7 Å². The minimum Gasteiger partial charge on any atom is -0.493 e. The van der Waals surface area contributed by atoms with Crippen LogP contribution in [0.25, 0.3) is 0 Å². The molecule has 2 aromatic carbocycles. The Morgan fingerprint density at radius 2 is 1.57 bits per heavy atom. The van der Waals surface area contributed by atoms with Gasteiger partial charge >= 0.3 is 0 Å². The van der Waals surface area contributed by atoms with Crippen molar-refractivity contribution in [3.8, 4) is 11.5 Å². The lowest BCUT2D eigenvalue weighted by Gasteiger charge is -2.19. The molecule has 1 unspecified atom stereocenters. The van der Waals surface area contributed by atoms with Crippen molar-refractivity contribution in [1.29, 1.82) is 0 Å². The highest BCUT2D eigenvalue weighted by molar-refractivity contribution is 6.32. The maximum atomic E-state index is 6.36. The molecule has 0 fully saturated rings. The minimum absolute atomic E-state index is 0.393. The van der Waals surface area contributed by atoms with E-state index in [9.17, 15) is 0 Å². The smallest absolute Gasteiger partial charge is 0.162 e. The van der Waals surface area contributed by atoms with Gasteiger partial charge in [-0.25, -0.2) is 0 Å². The molecule has 0 bridgehead atoms. The van der Waals surface area contributed by atoms with Crippen LogP contribution in [0.3, 0.4) is 0 Å². The molecule has 3 nitrogen and oxygen atoms in total. The molecule has 1 atom stereocenters. The lowest BCUT2D eigenvalue weighted by Crippen LogP contribution is -2.14. The number of ether oxygens (including phenoxy) is 2. The van der Waals surface area contributed by atoms with Crippen LogP contribution < -0.4 is 15.2 Å². The summed E-state index contributed by atoms with van der Waals surface area (Å²) < 4.78 is 10.5. The van der Waals surface area contributed by atoms with E-state index < -0.39 is 6.04 Å². The number of rotatable bonds is 4. The third-order valence-electron chi connectivity index (χ3n) is 3.48. The molecule has 0 saturated heterocycles. The Balaban J connectivity index is 2.53. The Bertz CT molecular complexity index is 659. The Morgan fingerprint density at radius 1 is 0.952 bits per heavy atom. The molecule has 112 valence electrons. The van der Waals surface area contributed by atoms with Crippen molar-refractivity contribution in [2.45, 2.75) is 13.0 Å². The van der Waals surface area contributed by atoms with Crippen molar-refractivity contribution in [3.63, 3.8) is 0 Å². The average molecular weight is 326 g/mol. The zero-order chi connectivity index (χ0) is 15.6. The van der Waals surface area contributed by atoms with Crippen molar-refractivity contribution in [3.05, 3.63) is 57.1 Å². The molecule has 0 saturated carbocycles. The zero-order valence-electron chi connectivity index (χ0n) is 12.1. The summed E-state index contributed by atoms with van der Waals surface area (Å²) in [5, 5.41) is 1.21. The van der Waals surface area contributed by atoms with E-state index in [2.05, 4.69) is 0 Å². The van der Waals surface area contributed by atoms with Crippen molar-refractivity contribution < 1.29 is 9.47 Å². The van der Waals surface area contributed by atoms with Gasteiger partial charge in [0, 0.05) is 16.1 Å². The van der Waals surface area contributed by atoms with Crippen molar-refractivity contribution in [1.82, 2.24) is 0 Å². The first-order chi connectivity index (χ1) is 9.99. The van der Waals surface area contributed by atoms with Gasteiger partial charge in [0.05, 0.1) is 20.3 Å². The molecule has 0 heterocycles. The maximum Gasteiger partial charge on any atom is 0.162 e. The monoisotopic (exact) mass is 325 g/mol. The first kappa shape index (κ1) is 16.0. The van der Waals surface area contributed by atoms with Crippen LogP contribution in [-0.2, 0) is 0 Å². The molecule has 0 aliphatic heterocycles. The number of hydrogen-bond donors (Lipinski definition) is 1. The van der Waals surface area contributed by atoms with E-state index in [0.717, 1.165) is 16.7 Å². The SMILES string of the molecule is COc1cc(Cl)c(C(N)c2cccc(Cl)c2C)cc1OC. The fraction of sp³-hybridized carbons (Fsp3) is 0.250. The first-order valence-electron chi connectivity index (χ1n) is 6.41. The fourth-order valence-electron chi connectivity index (χ4n) is 2.24. The van der Waals surface area contributed by atoms with Gasteiger partial charge in [-0.2, -0.15) is 0 Å². The van der Waals surface area contributed by atoms with Crippen LogP contribution in [-0.4, -0.2) is 14.2 Å². The number of hydrogen-bond acceptors (Lipinski definition) is 3. The second-order valence-corrected chi connectivity index (χ2v) is 5.47. The molecule has 0 spiro atoms. The van der Waals surface area contributed by atoms with Gasteiger partial charge in [0.1, 0.15) is 0 Å². The average Bonchev–Trinajstić information content (AvgIpc) is 2.49. The highest BCUT2D eigenvalue weighted by Gasteiger charge is 2.19.